The van der Waals surface area contributed by atoms with Crippen LogP contribution in [0.25, 0.3) is 0 Å². The molecular weight excluding hydrogens is 294 g/mol. The number of hydrogen-bond donors (Lipinski definition) is 2. The van der Waals surface area contributed by atoms with Crippen molar-refractivity contribution in [1.82, 2.24) is 4.90 Å². The van der Waals surface area contributed by atoms with Crippen molar-refractivity contribution in [1.29, 1.82) is 0 Å². The van der Waals surface area contributed by atoms with E-state index in [1.165, 1.54) is 16.8 Å². The summed E-state index contributed by atoms with van der Waals surface area (Å²) in [5.41, 5.74) is 9.17. The van der Waals surface area contributed by atoms with E-state index in [4.69, 9.17) is 10.8 Å². The van der Waals surface area contributed by atoms with Crippen molar-refractivity contribution in [2.45, 2.75) is 32.7 Å². The van der Waals surface area contributed by atoms with Crippen LogP contribution in [0.15, 0.2) is 18.2 Å². The first-order valence-electron chi connectivity index (χ1n) is 7.97. The molecule has 0 spiro atoms. The summed E-state index contributed by atoms with van der Waals surface area (Å²) in [5.74, 6) is -1.07. The van der Waals surface area contributed by atoms with Gasteiger partial charge in [0.15, 0.2) is 0 Å². The summed E-state index contributed by atoms with van der Waals surface area (Å²) < 4.78 is 0. The Bertz CT molecular complexity index is 580. The Morgan fingerprint density at radius 1 is 1.17 bits per heavy atom. The number of benzene rings is 1. The van der Waals surface area contributed by atoms with Gasteiger partial charge in [-0.15, -0.1) is 0 Å². The van der Waals surface area contributed by atoms with Gasteiger partial charge >= 0.3 is 5.97 Å². The number of nitrogens with two attached hydrogens (primary N) is 1. The second-order valence-electron chi connectivity index (χ2n) is 6.12. The lowest BCUT2D eigenvalue weighted by molar-refractivity contribution is -0.139. The summed E-state index contributed by atoms with van der Waals surface area (Å²) in [7, 11) is 0. The van der Waals surface area contributed by atoms with Gasteiger partial charge in [-0.2, -0.15) is 0 Å². The number of hydrogen-bond acceptors (Lipinski definition) is 4. The van der Waals surface area contributed by atoms with E-state index in [0.29, 0.717) is 13.1 Å². The fourth-order valence-corrected chi connectivity index (χ4v) is 2.70. The number of carbonyl (C=O) groups is 2. The molecule has 6 nitrogen and oxygen atoms in total. The molecule has 1 atom stereocenters. The number of aliphatic carboxylic acids is 1. The van der Waals surface area contributed by atoms with Crippen LogP contribution in [0.1, 0.15) is 24.0 Å². The number of carboxylic acid groups (broad SMARTS) is 1. The Morgan fingerprint density at radius 2 is 1.83 bits per heavy atom. The van der Waals surface area contributed by atoms with Crippen molar-refractivity contribution in [3.63, 3.8) is 0 Å². The monoisotopic (exact) mass is 319 g/mol. The molecule has 126 valence electrons. The summed E-state index contributed by atoms with van der Waals surface area (Å²) in [5, 5.41) is 8.75. The third-order valence-electron chi connectivity index (χ3n) is 4.47. The molecule has 2 rings (SSSR count). The highest BCUT2D eigenvalue weighted by Crippen LogP contribution is 2.20. The van der Waals surface area contributed by atoms with E-state index in [9.17, 15) is 9.59 Å². The van der Waals surface area contributed by atoms with Crippen LogP contribution in [0.2, 0.25) is 0 Å². The average molecular weight is 319 g/mol. The van der Waals surface area contributed by atoms with Gasteiger partial charge in [0.05, 0.1) is 0 Å². The third kappa shape index (κ3) is 4.45. The van der Waals surface area contributed by atoms with Crippen LogP contribution in [0.3, 0.4) is 0 Å². The molecule has 1 aromatic carbocycles. The fourth-order valence-electron chi connectivity index (χ4n) is 2.70. The number of carbonyl (C=O) groups excluding carboxylic acids is 1. The van der Waals surface area contributed by atoms with Gasteiger partial charge in [-0.25, -0.2) is 0 Å². The van der Waals surface area contributed by atoms with Crippen LogP contribution in [0.5, 0.6) is 0 Å². The first kappa shape index (κ1) is 17.3. The number of anilines is 1. The Labute approximate surface area is 136 Å². The summed E-state index contributed by atoms with van der Waals surface area (Å²) in [6, 6.07) is 5.45. The number of rotatable bonds is 5. The molecule has 0 aliphatic carbocycles. The van der Waals surface area contributed by atoms with E-state index >= 15 is 0 Å². The topological polar surface area (TPSA) is 86.9 Å². The summed E-state index contributed by atoms with van der Waals surface area (Å²) in [6.45, 7) is 7.10. The molecule has 0 unspecified atom stereocenters. The highest BCUT2D eigenvalue weighted by Gasteiger charge is 2.22. The highest BCUT2D eigenvalue weighted by atomic mass is 16.4. The third-order valence-corrected chi connectivity index (χ3v) is 4.47. The smallest absolute Gasteiger partial charge is 0.320 e. The molecule has 1 saturated heterocycles. The van der Waals surface area contributed by atoms with E-state index in [1.54, 1.807) is 4.90 Å². The van der Waals surface area contributed by atoms with Crippen LogP contribution in [-0.2, 0) is 9.59 Å². The van der Waals surface area contributed by atoms with E-state index < -0.39 is 12.0 Å². The Balaban J connectivity index is 1.84. The molecule has 1 aliphatic rings. The molecule has 23 heavy (non-hydrogen) atoms. The van der Waals surface area contributed by atoms with Gasteiger partial charge in [0.1, 0.15) is 6.04 Å². The van der Waals surface area contributed by atoms with Crippen LogP contribution in [0, 0.1) is 13.8 Å². The van der Waals surface area contributed by atoms with E-state index in [0.717, 1.165) is 13.1 Å². The molecule has 1 aromatic rings. The van der Waals surface area contributed by atoms with Crippen LogP contribution >= 0.6 is 0 Å². The summed E-state index contributed by atoms with van der Waals surface area (Å²) >= 11 is 0. The highest BCUT2D eigenvalue weighted by molar-refractivity contribution is 5.78. The van der Waals surface area contributed by atoms with E-state index in [2.05, 4.69) is 36.9 Å². The minimum atomic E-state index is -1.06. The standard InChI is InChI=1S/C17H25N3O3/c1-12-3-4-14(11-13(12)2)19-7-9-20(10-8-19)16(21)6-5-15(18)17(22)23/h3-4,11,15H,5-10,18H2,1-2H3,(H,22,23)/t15-/m0/s1. The predicted octanol–water partition coefficient (Wildman–Crippen LogP) is 1.14. The molecule has 1 amide bonds. The first-order chi connectivity index (χ1) is 10.9. The number of nitrogens with zero attached hydrogens (tertiary/aromatic N) is 2. The van der Waals surface area contributed by atoms with Crippen molar-refractivity contribution >= 4 is 17.6 Å². The lowest BCUT2D eigenvalue weighted by Gasteiger charge is -2.36. The molecule has 1 heterocycles. The minimum Gasteiger partial charge on any atom is -0.480 e. The van der Waals surface area contributed by atoms with E-state index in [1.807, 2.05) is 0 Å². The molecule has 0 aromatic heterocycles. The molecular formula is C17H25N3O3. The summed E-state index contributed by atoms with van der Waals surface area (Å²) in [4.78, 5) is 26.9. The van der Waals surface area contributed by atoms with Gasteiger partial charge in [-0.3, -0.25) is 9.59 Å². The van der Waals surface area contributed by atoms with Crippen LogP contribution in [0.4, 0.5) is 5.69 Å². The first-order valence-corrected chi connectivity index (χ1v) is 7.97. The zero-order valence-electron chi connectivity index (χ0n) is 13.8. The van der Waals surface area contributed by atoms with Gasteiger partial charge in [0.25, 0.3) is 0 Å². The van der Waals surface area contributed by atoms with Crippen molar-refractivity contribution in [2.75, 3.05) is 31.1 Å². The average Bonchev–Trinajstić information content (AvgIpc) is 2.54. The Kier molecular flexibility index (Phi) is 5.60. The van der Waals surface area contributed by atoms with Crippen LogP contribution in [-0.4, -0.2) is 54.1 Å². The Morgan fingerprint density at radius 3 is 2.39 bits per heavy atom. The maximum Gasteiger partial charge on any atom is 0.320 e. The molecule has 3 N–H and O–H groups in total. The second-order valence-corrected chi connectivity index (χ2v) is 6.12. The predicted molar refractivity (Wildman–Crippen MR) is 89.6 cm³/mol. The van der Waals surface area contributed by atoms with Gasteiger partial charge in [0, 0.05) is 38.3 Å². The quantitative estimate of drug-likeness (QED) is 0.850. The van der Waals surface area contributed by atoms with Crippen molar-refractivity contribution in [3.8, 4) is 0 Å². The van der Waals surface area contributed by atoms with Crippen molar-refractivity contribution in [2.24, 2.45) is 5.73 Å². The molecule has 0 radical (unpaired) electrons. The van der Waals surface area contributed by atoms with Crippen molar-refractivity contribution in [3.05, 3.63) is 29.3 Å². The van der Waals surface area contributed by atoms with Gasteiger partial charge in [-0.1, -0.05) is 6.07 Å². The minimum absolute atomic E-state index is 0.0126. The van der Waals surface area contributed by atoms with Gasteiger partial charge in [0.2, 0.25) is 5.91 Å². The SMILES string of the molecule is Cc1ccc(N2CCN(C(=O)CC[C@H](N)C(=O)O)CC2)cc1C. The van der Waals surface area contributed by atoms with Crippen LogP contribution < -0.4 is 10.6 Å². The lowest BCUT2D eigenvalue weighted by Crippen LogP contribution is -2.49. The molecule has 0 saturated carbocycles. The molecule has 1 aliphatic heterocycles. The Hall–Kier alpha value is -2.08. The lowest BCUT2D eigenvalue weighted by atomic mass is 10.1. The molecule has 1 fully saturated rings. The molecule has 0 bridgehead atoms. The fraction of sp³-hybridized carbons (Fsp3) is 0.529. The maximum absolute atomic E-state index is 12.1. The number of amides is 1. The molecule has 6 heteroatoms. The second kappa shape index (κ2) is 7.46. The van der Waals surface area contributed by atoms with E-state index in [-0.39, 0.29) is 18.7 Å². The number of aryl methyl sites for hydroxylation is 2. The van der Waals surface area contributed by atoms with Gasteiger partial charge in [-0.05, 0) is 43.5 Å². The normalized spacial score (nSPS) is 16.3. The van der Waals surface area contributed by atoms with Gasteiger partial charge < -0.3 is 20.6 Å². The number of piperazine rings is 1. The van der Waals surface area contributed by atoms with Crippen molar-refractivity contribution < 1.29 is 14.7 Å². The number of carboxylic acids is 1. The summed E-state index contributed by atoms with van der Waals surface area (Å²) in [6.07, 6.45) is 0.378. The zero-order valence-corrected chi connectivity index (χ0v) is 13.8. The largest absolute Gasteiger partial charge is 0.480 e. The zero-order chi connectivity index (χ0) is 17.0. The maximum atomic E-state index is 12.1.